The molecule has 2 aromatic rings. The van der Waals surface area contributed by atoms with Gasteiger partial charge in [0, 0.05) is 5.75 Å². The highest BCUT2D eigenvalue weighted by molar-refractivity contribution is 7.99. The first-order valence-electron chi connectivity index (χ1n) is 5.61. The highest BCUT2D eigenvalue weighted by atomic mass is 32.2. The summed E-state index contributed by atoms with van der Waals surface area (Å²) < 4.78 is 0. The van der Waals surface area contributed by atoms with E-state index >= 15 is 0 Å². The number of aromatic amines is 1. The Morgan fingerprint density at radius 3 is 2.89 bits per heavy atom. The average Bonchev–Trinajstić information content (AvgIpc) is 2.78. The molecule has 0 aliphatic carbocycles. The van der Waals surface area contributed by atoms with Crippen molar-refractivity contribution >= 4 is 28.7 Å². The standard InChI is InChI=1S/C12H16N4OS/c1-12(2,10(17)16-13)7-18-11-14-8-5-3-4-6-9(8)15-11/h3-6H,7,13H2,1-2H3,(H,14,15)(H,16,17). The molecule has 96 valence electrons. The highest BCUT2D eigenvalue weighted by Crippen LogP contribution is 2.27. The van der Waals surface area contributed by atoms with Crippen LogP contribution in [0.25, 0.3) is 11.0 Å². The van der Waals surface area contributed by atoms with Crippen LogP contribution >= 0.6 is 11.8 Å². The lowest BCUT2D eigenvalue weighted by atomic mass is 9.96. The number of nitrogens with zero attached hydrogens (tertiary/aromatic N) is 1. The highest BCUT2D eigenvalue weighted by Gasteiger charge is 2.27. The van der Waals surface area contributed by atoms with E-state index in [0.717, 1.165) is 16.2 Å². The largest absolute Gasteiger partial charge is 0.333 e. The number of benzene rings is 1. The molecular weight excluding hydrogens is 248 g/mol. The van der Waals surface area contributed by atoms with Gasteiger partial charge in [-0.2, -0.15) is 0 Å². The number of rotatable bonds is 4. The van der Waals surface area contributed by atoms with Gasteiger partial charge in [0.2, 0.25) is 5.91 Å². The van der Waals surface area contributed by atoms with E-state index in [4.69, 9.17) is 5.84 Å². The Kier molecular flexibility index (Phi) is 3.58. The molecule has 2 rings (SSSR count). The molecule has 1 aromatic carbocycles. The molecule has 0 saturated heterocycles. The predicted octanol–water partition coefficient (Wildman–Crippen LogP) is 1.67. The number of carbonyl (C=O) groups excluding carboxylic acids is 1. The minimum atomic E-state index is -0.529. The third kappa shape index (κ3) is 2.65. The van der Waals surface area contributed by atoms with E-state index in [9.17, 15) is 4.79 Å². The molecule has 1 heterocycles. The second-order valence-electron chi connectivity index (χ2n) is 4.71. The maximum atomic E-state index is 11.5. The van der Waals surface area contributed by atoms with Gasteiger partial charge in [-0.1, -0.05) is 37.7 Å². The molecule has 0 spiro atoms. The molecule has 6 heteroatoms. The number of hydrogen-bond donors (Lipinski definition) is 3. The van der Waals surface area contributed by atoms with Crippen molar-refractivity contribution in [3.8, 4) is 0 Å². The molecule has 0 aliphatic heterocycles. The van der Waals surface area contributed by atoms with E-state index < -0.39 is 5.41 Å². The molecule has 1 aromatic heterocycles. The van der Waals surface area contributed by atoms with Gasteiger partial charge in [0.15, 0.2) is 5.16 Å². The van der Waals surface area contributed by atoms with Crippen molar-refractivity contribution in [1.82, 2.24) is 15.4 Å². The smallest absolute Gasteiger partial charge is 0.240 e. The summed E-state index contributed by atoms with van der Waals surface area (Å²) in [5.74, 6) is 5.59. The summed E-state index contributed by atoms with van der Waals surface area (Å²) in [4.78, 5) is 19.2. The summed E-state index contributed by atoms with van der Waals surface area (Å²) in [7, 11) is 0. The quantitative estimate of drug-likeness (QED) is 0.339. The zero-order chi connectivity index (χ0) is 13.2. The lowest BCUT2D eigenvalue weighted by Crippen LogP contribution is -2.42. The Hall–Kier alpha value is -1.53. The second kappa shape index (κ2) is 4.99. The van der Waals surface area contributed by atoms with Crippen LogP contribution in [0.15, 0.2) is 29.4 Å². The van der Waals surface area contributed by atoms with Crippen LogP contribution in [0.3, 0.4) is 0 Å². The summed E-state index contributed by atoms with van der Waals surface area (Å²) in [6.07, 6.45) is 0. The number of thioether (sulfide) groups is 1. The van der Waals surface area contributed by atoms with E-state index in [1.165, 1.54) is 11.8 Å². The van der Waals surface area contributed by atoms with Crippen molar-refractivity contribution in [2.45, 2.75) is 19.0 Å². The monoisotopic (exact) mass is 264 g/mol. The number of imidazole rings is 1. The zero-order valence-corrected chi connectivity index (χ0v) is 11.2. The lowest BCUT2D eigenvalue weighted by Gasteiger charge is -2.20. The number of carbonyl (C=O) groups is 1. The van der Waals surface area contributed by atoms with Crippen LogP contribution in [-0.4, -0.2) is 21.6 Å². The van der Waals surface area contributed by atoms with Gasteiger partial charge in [0.05, 0.1) is 16.4 Å². The van der Waals surface area contributed by atoms with Gasteiger partial charge >= 0.3 is 0 Å². The van der Waals surface area contributed by atoms with Crippen molar-refractivity contribution in [2.75, 3.05) is 5.75 Å². The van der Waals surface area contributed by atoms with Gasteiger partial charge in [-0.3, -0.25) is 10.2 Å². The van der Waals surface area contributed by atoms with E-state index in [-0.39, 0.29) is 5.91 Å². The Bertz CT molecular complexity index is 531. The van der Waals surface area contributed by atoms with Crippen LogP contribution < -0.4 is 11.3 Å². The summed E-state index contributed by atoms with van der Waals surface area (Å²) >= 11 is 1.51. The van der Waals surface area contributed by atoms with E-state index in [1.807, 2.05) is 38.1 Å². The van der Waals surface area contributed by atoms with E-state index in [2.05, 4.69) is 15.4 Å². The molecule has 5 nitrogen and oxygen atoms in total. The number of fused-ring (bicyclic) bond motifs is 1. The first kappa shape index (κ1) is 12.9. The van der Waals surface area contributed by atoms with Crippen molar-refractivity contribution in [2.24, 2.45) is 11.3 Å². The van der Waals surface area contributed by atoms with Gasteiger partial charge in [-0.25, -0.2) is 10.8 Å². The molecule has 0 saturated carbocycles. The van der Waals surface area contributed by atoms with Crippen LogP contribution in [0.5, 0.6) is 0 Å². The molecule has 0 radical (unpaired) electrons. The summed E-state index contributed by atoms with van der Waals surface area (Å²) in [5.41, 5.74) is 3.59. The number of amides is 1. The lowest BCUT2D eigenvalue weighted by molar-refractivity contribution is -0.128. The third-order valence-corrected chi connectivity index (χ3v) is 4.02. The maximum absolute atomic E-state index is 11.5. The van der Waals surface area contributed by atoms with Crippen LogP contribution in [-0.2, 0) is 4.79 Å². The van der Waals surface area contributed by atoms with Crippen molar-refractivity contribution in [1.29, 1.82) is 0 Å². The zero-order valence-electron chi connectivity index (χ0n) is 10.4. The topological polar surface area (TPSA) is 83.8 Å². The molecule has 4 N–H and O–H groups in total. The molecule has 0 atom stereocenters. The van der Waals surface area contributed by atoms with Crippen molar-refractivity contribution in [3.63, 3.8) is 0 Å². The Morgan fingerprint density at radius 2 is 2.22 bits per heavy atom. The SMILES string of the molecule is CC(C)(CSc1nc2ccccc2[nH]1)C(=O)NN. The molecule has 0 bridgehead atoms. The molecule has 1 amide bonds. The van der Waals surface area contributed by atoms with E-state index in [0.29, 0.717) is 5.75 Å². The van der Waals surface area contributed by atoms with Crippen LogP contribution in [0.4, 0.5) is 0 Å². The summed E-state index contributed by atoms with van der Waals surface area (Å²) in [6, 6.07) is 7.84. The number of nitrogens with one attached hydrogen (secondary N) is 2. The fourth-order valence-corrected chi connectivity index (χ4v) is 2.48. The number of aromatic nitrogens is 2. The summed E-state index contributed by atoms with van der Waals surface area (Å²) in [5, 5.41) is 0.814. The fraction of sp³-hybridized carbons (Fsp3) is 0.333. The Labute approximate surface area is 110 Å². The Morgan fingerprint density at radius 1 is 1.50 bits per heavy atom. The first-order chi connectivity index (χ1) is 8.53. The van der Waals surface area contributed by atoms with Crippen molar-refractivity contribution < 1.29 is 4.79 Å². The number of hydrogen-bond acceptors (Lipinski definition) is 4. The minimum Gasteiger partial charge on any atom is -0.333 e. The van der Waals surface area contributed by atoms with Crippen LogP contribution in [0, 0.1) is 5.41 Å². The van der Waals surface area contributed by atoms with Gasteiger partial charge in [0.25, 0.3) is 0 Å². The van der Waals surface area contributed by atoms with Gasteiger partial charge < -0.3 is 4.98 Å². The molecule has 0 aliphatic rings. The van der Waals surface area contributed by atoms with Crippen molar-refractivity contribution in [3.05, 3.63) is 24.3 Å². The Balaban J connectivity index is 2.08. The normalized spacial score (nSPS) is 11.7. The van der Waals surface area contributed by atoms with Gasteiger partial charge in [-0.05, 0) is 12.1 Å². The maximum Gasteiger partial charge on any atom is 0.240 e. The first-order valence-corrected chi connectivity index (χ1v) is 6.60. The fourth-order valence-electron chi connectivity index (χ4n) is 1.51. The number of H-pyrrole nitrogens is 1. The van der Waals surface area contributed by atoms with Gasteiger partial charge in [0.1, 0.15) is 0 Å². The van der Waals surface area contributed by atoms with Crippen LogP contribution in [0.2, 0.25) is 0 Å². The molecular formula is C12H16N4OS. The molecule has 18 heavy (non-hydrogen) atoms. The van der Waals surface area contributed by atoms with E-state index in [1.54, 1.807) is 0 Å². The predicted molar refractivity (Wildman–Crippen MR) is 72.9 cm³/mol. The minimum absolute atomic E-state index is 0.175. The van der Waals surface area contributed by atoms with Crippen LogP contribution in [0.1, 0.15) is 13.8 Å². The number of hydrazine groups is 1. The molecule has 0 unspecified atom stereocenters. The second-order valence-corrected chi connectivity index (χ2v) is 5.67. The third-order valence-electron chi connectivity index (χ3n) is 2.68. The van der Waals surface area contributed by atoms with Gasteiger partial charge in [-0.15, -0.1) is 0 Å². The number of para-hydroxylation sites is 2. The molecule has 0 fully saturated rings. The number of nitrogens with two attached hydrogens (primary N) is 1. The summed E-state index contributed by atoms with van der Waals surface area (Å²) in [6.45, 7) is 3.70. The average molecular weight is 264 g/mol.